The summed E-state index contributed by atoms with van der Waals surface area (Å²) in [5.74, 6) is 0.921. The van der Waals surface area contributed by atoms with Crippen molar-refractivity contribution in [2.75, 3.05) is 33.4 Å². The minimum absolute atomic E-state index is 0.559. The third kappa shape index (κ3) is 3.98. The van der Waals surface area contributed by atoms with Crippen LogP contribution in [0.25, 0.3) is 0 Å². The van der Waals surface area contributed by atoms with Crippen molar-refractivity contribution in [3.63, 3.8) is 0 Å². The maximum Gasteiger partial charge on any atom is 0.119 e. The van der Waals surface area contributed by atoms with Gasteiger partial charge in [0.2, 0.25) is 0 Å². The normalized spacial score (nSPS) is 19.8. The number of hydrogen-bond acceptors (Lipinski definition) is 3. The molecule has 1 aliphatic rings. The average molecular weight is 300 g/mol. The maximum absolute atomic E-state index is 5.69. The van der Waals surface area contributed by atoms with Gasteiger partial charge in [-0.05, 0) is 37.7 Å². The van der Waals surface area contributed by atoms with Crippen molar-refractivity contribution in [1.29, 1.82) is 0 Å². The molecule has 0 N–H and O–H groups in total. The Bertz CT molecular complexity index is 336. The zero-order valence-corrected chi connectivity index (χ0v) is 11.6. The van der Waals surface area contributed by atoms with E-state index in [1.807, 2.05) is 24.3 Å². The topological polar surface area (TPSA) is 21.7 Å². The van der Waals surface area contributed by atoms with Gasteiger partial charge in [0.05, 0.1) is 6.61 Å². The van der Waals surface area contributed by atoms with Crippen LogP contribution in [-0.4, -0.2) is 44.4 Å². The first-order valence-electron chi connectivity index (χ1n) is 5.92. The molecule has 0 aliphatic carbocycles. The van der Waals surface area contributed by atoms with E-state index in [4.69, 9.17) is 9.47 Å². The fourth-order valence-electron chi connectivity index (χ4n) is 1.89. The highest BCUT2D eigenvalue weighted by Gasteiger charge is 2.19. The molecule has 1 unspecified atom stereocenters. The first kappa shape index (κ1) is 12.9. The van der Waals surface area contributed by atoms with E-state index in [0.29, 0.717) is 12.6 Å². The van der Waals surface area contributed by atoms with Crippen LogP contribution in [0.3, 0.4) is 0 Å². The number of hydrogen-bond donors (Lipinski definition) is 0. The minimum Gasteiger partial charge on any atom is -0.492 e. The summed E-state index contributed by atoms with van der Waals surface area (Å²) in [7, 11) is 2.13. The second-order valence-corrected chi connectivity index (χ2v) is 5.22. The Kier molecular flexibility index (Phi) is 4.83. The zero-order chi connectivity index (χ0) is 12.1. The number of ether oxygens (including phenoxy) is 2. The van der Waals surface area contributed by atoms with Gasteiger partial charge in [0, 0.05) is 23.7 Å². The van der Waals surface area contributed by atoms with E-state index in [1.165, 1.54) is 0 Å². The van der Waals surface area contributed by atoms with Gasteiger partial charge in [0.1, 0.15) is 12.4 Å². The van der Waals surface area contributed by atoms with E-state index >= 15 is 0 Å². The predicted octanol–water partition coefficient (Wildman–Crippen LogP) is 2.55. The highest BCUT2D eigenvalue weighted by molar-refractivity contribution is 9.10. The molecule has 4 heteroatoms. The van der Waals surface area contributed by atoms with Crippen molar-refractivity contribution in [1.82, 2.24) is 4.90 Å². The third-order valence-corrected chi connectivity index (χ3v) is 3.58. The summed E-state index contributed by atoms with van der Waals surface area (Å²) in [6.45, 7) is 3.40. The van der Waals surface area contributed by atoms with Crippen LogP contribution in [0.15, 0.2) is 28.7 Å². The summed E-state index contributed by atoms with van der Waals surface area (Å²) in [5.41, 5.74) is 0. The molecule has 0 radical (unpaired) electrons. The van der Waals surface area contributed by atoms with Gasteiger partial charge in [-0.25, -0.2) is 0 Å². The van der Waals surface area contributed by atoms with Gasteiger partial charge in [0.15, 0.2) is 0 Å². The quantitative estimate of drug-likeness (QED) is 0.834. The lowest BCUT2D eigenvalue weighted by Gasteiger charge is -2.22. The van der Waals surface area contributed by atoms with Gasteiger partial charge in [-0.2, -0.15) is 0 Å². The van der Waals surface area contributed by atoms with Crippen molar-refractivity contribution < 1.29 is 9.47 Å². The predicted molar refractivity (Wildman–Crippen MR) is 71.5 cm³/mol. The molecule has 1 heterocycles. The van der Waals surface area contributed by atoms with Crippen LogP contribution in [-0.2, 0) is 4.74 Å². The van der Waals surface area contributed by atoms with Crippen molar-refractivity contribution in [3.05, 3.63) is 28.7 Å². The fraction of sp³-hybridized carbons (Fsp3) is 0.538. The number of halogens is 1. The summed E-state index contributed by atoms with van der Waals surface area (Å²) in [6, 6.07) is 8.49. The largest absolute Gasteiger partial charge is 0.492 e. The molecular weight excluding hydrogens is 282 g/mol. The second kappa shape index (κ2) is 6.38. The molecule has 0 spiro atoms. The lowest BCUT2D eigenvalue weighted by atomic mass is 10.2. The van der Waals surface area contributed by atoms with Crippen molar-refractivity contribution in [3.8, 4) is 5.75 Å². The van der Waals surface area contributed by atoms with E-state index in [1.54, 1.807) is 0 Å². The van der Waals surface area contributed by atoms with E-state index in [0.717, 1.165) is 36.4 Å². The first-order chi connectivity index (χ1) is 8.25. The van der Waals surface area contributed by atoms with Crippen LogP contribution in [0.1, 0.15) is 6.42 Å². The average Bonchev–Trinajstić information content (AvgIpc) is 2.85. The van der Waals surface area contributed by atoms with Gasteiger partial charge in [-0.3, -0.25) is 4.90 Å². The minimum atomic E-state index is 0.559. The SMILES string of the molecule is CN(CCOc1ccc(Br)cc1)C1CCOC1. The first-order valence-corrected chi connectivity index (χ1v) is 6.71. The third-order valence-electron chi connectivity index (χ3n) is 3.06. The molecule has 1 aromatic carbocycles. The highest BCUT2D eigenvalue weighted by Crippen LogP contribution is 2.16. The maximum atomic E-state index is 5.69. The number of benzene rings is 1. The van der Waals surface area contributed by atoms with Gasteiger partial charge in [-0.15, -0.1) is 0 Å². The van der Waals surface area contributed by atoms with Gasteiger partial charge in [0.25, 0.3) is 0 Å². The van der Waals surface area contributed by atoms with Crippen LogP contribution in [0.2, 0.25) is 0 Å². The Hall–Kier alpha value is -0.580. The molecule has 0 aromatic heterocycles. The van der Waals surface area contributed by atoms with Crippen molar-refractivity contribution in [2.45, 2.75) is 12.5 Å². The summed E-state index contributed by atoms with van der Waals surface area (Å²) < 4.78 is 12.1. The summed E-state index contributed by atoms with van der Waals surface area (Å²) in [5, 5.41) is 0. The molecule has 3 nitrogen and oxygen atoms in total. The number of nitrogens with zero attached hydrogens (tertiary/aromatic N) is 1. The summed E-state index contributed by atoms with van der Waals surface area (Å²) >= 11 is 3.40. The number of likely N-dealkylation sites (N-methyl/N-ethyl adjacent to an activating group) is 1. The van der Waals surface area contributed by atoms with Crippen LogP contribution >= 0.6 is 15.9 Å². The van der Waals surface area contributed by atoms with Gasteiger partial charge >= 0.3 is 0 Å². The second-order valence-electron chi connectivity index (χ2n) is 4.30. The van der Waals surface area contributed by atoms with Crippen LogP contribution in [0, 0.1) is 0 Å². The molecule has 0 saturated carbocycles. The fourth-order valence-corrected chi connectivity index (χ4v) is 2.15. The number of rotatable bonds is 5. The Morgan fingerprint density at radius 3 is 2.82 bits per heavy atom. The molecule has 1 saturated heterocycles. The van der Waals surface area contributed by atoms with Crippen molar-refractivity contribution in [2.24, 2.45) is 0 Å². The molecular formula is C13H18BrNO2. The lowest BCUT2D eigenvalue weighted by Crippen LogP contribution is -2.35. The van der Waals surface area contributed by atoms with E-state index in [-0.39, 0.29) is 0 Å². The van der Waals surface area contributed by atoms with Crippen LogP contribution < -0.4 is 4.74 Å². The van der Waals surface area contributed by atoms with Crippen molar-refractivity contribution >= 4 is 15.9 Å². The van der Waals surface area contributed by atoms with E-state index in [9.17, 15) is 0 Å². The molecule has 0 bridgehead atoms. The van der Waals surface area contributed by atoms with Crippen LogP contribution in [0.5, 0.6) is 5.75 Å². The lowest BCUT2D eigenvalue weighted by molar-refractivity contribution is 0.147. The Labute approximate surface area is 111 Å². The highest BCUT2D eigenvalue weighted by atomic mass is 79.9. The van der Waals surface area contributed by atoms with E-state index in [2.05, 4.69) is 27.9 Å². The molecule has 1 atom stereocenters. The Morgan fingerprint density at radius 2 is 2.18 bits per heavy atom. The Morgan fingerprint density at radius 1 is 1.41 bits per heavy atom. The van der Waals surface area contributed by atoms with Gasteiger partial charge < -0.3 is 9.47 Å². The van der Waals surface area contributed by atoms with Crippen LogP contribution in [0.4, 0.5) is 0 Å². The van der Waals surface area contributed by atoms with E-state index < -0.39 is 0 Å². The smallest absolute Gasteiger partial charge is 0.119 e. The molecule has 1 aromatic rings. The molecule has 2 rings (SSSR count). The molecule has 0 amide bonds. The molecule has 94 valence electrons. The standard InChI is InChI=1S/C13H18BrNO2/c1-15(12-6-8-16-10-12)7-9-17-13-4-2-11(14)3-5-13/h2-5,12H,6-10H2,1H3. The Balaban J connectivity index is 1.70. The van der Waals surface area contributed by atoms with Gasteiger partial charge in [-0.1, -0.05) is 15.9 Å². The monoisotopic (exact) mass is 299 g/mol. The molecule has 1 fully saturated rings. The molecule has 1 aliphatic heterocycles. The zero-order valence-electron chi connectivity index (χ0n) is 10.1. The summed E-state index contributed by atoms with van der Waals surface area (Å²) in [4.78, 5) is 2.31. The summed E-state index contributed by atoms with van der Waals surface area (Å²) in [6.07, 6.45) is 1.13. The molecule has 17 heavy (non-hydrogen) atoms.